The molecule has 0 heterocycles. The van der Waals surface area contributed by atoms with E-state index in [1.54, 1.807) is 0 Å². The normalized spacial score (nSPS) is 13.1. The summed E-state index contributed by atoms with van der Waals surface area (Å²) in [6, 6.07) is 7.59. The van der Waals surface area contributed by atoms with Gasteiger partial charge in [-0.05, 0) is 29.5 Å². The van der Waals surface area contributed by atoms with E-state index in [9.17, 15) is 4.79 Å². The lowest BCUT2D eigenvalue weighted by Crippen LogP contribution is -2.44. The number of halogens is 2. The van der Waals surface area contributed by atoms with Crippen LogP contribution in [0.1, 0.15) is 32.8 Å². The zero-order valence-electron chi connectivity index (χ0n) is 11.7. The molecule has 2 nitrogen and oxygen atoms in total. The summed E-state index contributed by atoms with van der Waals surface area (Å²) in [4.78, 5) is 12.1. The lowest BCUT2D eigenvalue weighted by Gasteiger charge is -2.31. The van der Waals surface area contributed by atoms with Gasteiger partial charge in [0.1, 0.15) is 0 Å². The molecule has 1 aromatic rings. The lowest BCUT2D eigenvalue weighted by molar-refractivity contribution is -0.121. The Morgan fingerprint density at radius 1 is 1.42 bits per heavy atom. The van der Waals surface area contributed by atoms with Crippen LogP contribution in [0.3, 0.4) is 0 Å². The Balaban J connectivity index is 2.63. The van der Waals surface area contributed by atoms with Crippen LogP contribution in [0.4, 0.5) is 0 Å². The van der Waals surface area contributed by atoms with E-state index in [0.29, 0.717) is 11.4 Å². The predicted octanol–water partition coefficient (Wildman–Crippen LogP) is 4.20. The number of carbonyl (C=O) groups excluding carboxylic acids is 1. The summed E-state index contributed by atoms with van der Waals surface area (Å²) in [7, 11) is 0. The van der Waals surface area contributed by atoms with Crippen LogP contribution in [0.25, 0.3) is 0 Å². The smallest absolute Gasteiger partial charge is 0.224 e. The van der Waals surface area contributed by atoms with Crippen LogP contribution < -0.4 is 5.32 Å². The molecule has 1 unspecified atom stereocenters. The van der Waals surface area contributed by atoms with Gasteiger partial charge in [-0.2, -0.15) is 0 Å². The Hall–Kier alpha value is -0.540. The number of nitrogens with one attached hydrogen (secondary N) is 1. The maximum Gasteiger partial charge on any atom is 0.224 e. The van der Waals surface area contributed by atoms with Crippen LogP contribution in [0, 0.1) is 5.41 Å². The highest BCUT2D eigenvalue weighted by Gasteiger charge is 2.25. The van der Waals surface area contributed by atoms with Crippen molar-refractivity contribution in [2.24, 2.45) is 5.41 Å². The second-order valence-electron chi connectivity index (χ2n) is 5.77. The highest BCUT2D eigenvalue weighted by Crippen LogP contribution is 2.22. The quantitative estimate of drug-likeness (QED) is 0.795. The molecular weight excluding hydrogens is 326 g/mol. The summed E-state index contributed by atoms with van der Waals surface area (Å²) in [6.07, 6.45) is 1.29. The van der Waals surface area contributed by atoms with Crippen molar-refractivity contribution in [3.05, 3.63) is 34.9 Å². The Morgan fingerprint density at radius 3 is 2.63 bits per heavy atom. The summed E-state index contributed by atoms with van der Waals surface area (Å²) < 4.78 is 0. The molecule has 0 spiro atoms. The summed E-state index contributed by atoms with van der Waals surface area (Å²) in [5, 5.41) is 4.66. The van der Waals surface area contributed by atoms with E-state index in [4.69, 9.17) is 11.6 Å². The van der Waals surface area contributed by atoms with Crippen molar-refractivity contribution in [2.45, 2.75) is 39.7 Å². The van der Waals surface area contributed by atoms with E-state index < -0.39 is 0 Å². The Bertz CT molecular complexity index is 428. The molecule has 1 atom stereocenters. The highest BCUT2D eigenvalue weighted by atomic mass is 79.9. The molecule has 0 radical (unpaired) electrons. The van der Waals surface area contributed by atoms with Crippen molar-refractivity contribution in [1.82, 2.24) is 5.32 Å². The first-order valence-electron chi connectivity index (χ1n) is 6.42. The zero-order valence-corrected chi connectivity index (χ0v) is 14.0. The minimum atomic E-state index is 0.0446. The average molecular weight is 347 g/mol. The fourth-order valence-electron chi connectivity index (χ4n) is 1.91. The van der Waals surface area contributed by atoms with Gasteiger partial charge in [-0.3, -0.25) is 4.79 Å². The fourth-order valence-corrected chi connectivity index (χ4v) is 2.58. The van der Waals surface area contributed by atoms with Gasteiger partial charge < -0.3 is 5.32 Å². The summed E-state index contributed by atoms with van der Waals surface area (Å²) in [6.45, 7) is 6.42. The van der Waals surface area contributed by atoms with Crippen LogP contribution in [-0.4, -0.2) is 17.3 Å². The minimum absolute atomic E-state index is 0.0446. The van der Waals surface area contributed by atoms with E-state index >= 15 is 0 Å². The van der Waals surface area contributed by atoms with Gasteiger partial charge in [-0.25, -0.2) is 0 Å². The number of carbonyl (C=O) groups is 1. The SMILES string of the molecule is CC(C)(C)C(CCBr)NC(=O)Cc1cccc(Cl)c1. The van der Waals surface area contributed by atoms with Gasteiger partial charge in [-0.1, -0.05) is 60.4 Å². The first kappa shape index (κ1) is 16.5. The van der Waals surface area contributed by atoms with Crippen molar-refractivity contribution >= 4 is 33.4 Å². The third-order valence-electron chi connectivity index (χ3n) is 3.03. The number of benzene rings is 1. The van der Waals surface area contributed by atoms with E-state index in [2.05, 4.69) is 42.0 Å². The molecule has 1 rings (SSSR count). The van der Waals surface area contributed by atoms with Crippen molar-refractivity contribution in [1.29, 1.82) is 0 Å². The molecule has 0 bridgehead atoms. The second-order valence-corrected chi connectivity index (χ2v) is 7.00. The van der Waals surface area contributed by atoms with E-state index in [-0.39, 0.29) is 17.4 Å². The van der Waals surface area contributed by atoms with Gasteiger partial charge in [-0.15, -0.1) is 0 Å². The van der Waals surface area contributed by atoms with Gasteiger partial charge in [0.25, 0.3) is 0 Å². The average Bonchev–Trinajstić information content (AvgIpc) is 2.27. The van der Waals surface area contributed by atoms with Crippen molar-refractivity contribution in [3.63, 3.8) is 0 Å². The third-order valence-corrected chi connectivity index (χ3v) is 3.73. The Labute approximate surface area is 129 Å². The monoisotopic (exact) mass is 345 g/mol. The summed E-state index contributed by atoms with van der Waals surface area (Å²) in [5.74, 6) is 0.0446. The molecule has 0 aliphatic rings. The number of amides is 1. The molecule has 1 N–H and O–H groups in total. The first-order chi connectivity index (χ1) is 8.82. The minimum Gasteiger partial charge on any atom is -0.353 e. The van der Waals surface area contributed by atoms with Crippen molar-refractivity contribution in [3.8, 4) is 0 Å². The van der Waals surface area contributed by atoms with Crippen LogP contribution >= 0.6 is 27.5 Å². The molecule has 1 aromatic carbocycles. The molecule has 0 saturated carbocycles. The van der Waals surface area contributed by atoms with E-state index in [1.807, 2.05) is 24.3 Å². The molecule has 0 aliphatic carbocycles. The molecule has 0 saturated heterocycles. The zero-order chi connectivity index (χ0) is 14.5. The molecular formula is C15H21BrClNO. The molecule has 19 heavy (non-hydrogen) atoms. The number of hydrogen-bond acceptors (Lipinski definition) is 1. The van der Waals surface area contributed by atoms with E-state index in [0.717, 1.165) is 17.3 Å². The van der Waals surface area contributed by atoms with Crippen LogP contribution in [-0.2, 0) is 11.2 Å². The largest absolute Gasteiger partial charge is 0.353 e. The number of hydrogen-bond donors (Lipinski definition) is 1. The number of rotatable bonds is 5. The summed E-state index contributed by atoms with van der Waals surface area (Å²) >= 11 is 9.36. The second kappa shape index (κ2) is 7.30. The maximum atomic E-state index is 12.1. The van der Waals surface area contributed by atoms with Gasteiger partial charge >= 0.3 is 0 Å². The van der Waals surface area contributed by atoms with Crippen LogP contribution in [0.5, 0.6) is 0 Å². The molecule has 106 valence electrons. The first-order valence-corrected chi connectivity index (χ1v) is 7.92. The van der Waals surface area contributed by atoms with Crippen LogP contribution in [0.2, 0.25) is 5.02 Å². The van der Waals surface area contributed by atoms with Gasteiger partial charge in [0.2, 0.25) is 5.91 Å². The molecule has 0 fully saturated rings. The van der Waals surface area contributed by atoms with Crippen molar-refractivity contribution < 1.29 is 4.79 Å². The summed E-state index contributed by atoms with van der Waals surface area (Å²) in [5.41, 5.74) is 0.995. The predicted molar refractivity (Wildman–Crippen MR) is 85.0 cm³/mol. The van der Waals surface area contributed by atoms with Gasteiger partial charge in [0.05, 0.1) is 6.42 Å². The van der Waals surface area contributed by atoms with Gasteiger partial charge in [0.15, 0.2) is 0 Å². The van der Waals surface area contributed by atoms with E-state index in [1.165, 1.54) is 0 Å². The standard InChI is InChI=1S/C15H21BrClNO/c1-15(2,3)13(7-8-16)18-14(19)10-11-5-4-6-12(17)9-11/h4-6,9,13H,7-8,10H2,1-3H3,(H,18,19). The fraction of sp³-hybridized carbons (Fsp3) is 0.533. The Kier molecular flexibility index (Phi) is 6.34. The highest BCUT2D eigenvalue weighted by molar-refractivity contribution is 9.09. The molecule has 0 aliphatic heterocycles. The molecule has 0 aromatic heterocycles. The number of alkyl halides is 1. The van der Waals surface area contributed by atoms with Crippen molar-refractivity contribution in [2.75, 3.05) is 5.33 Å². The Morgan fingerprint density at radius 2 is 2.11 bits per heavy atom. The molecule has 1 amide bonds. The van der Waals surface area contributed by atoms with Crippen LogP contribution in [0.15, 0.2) is 24.3 Å². The maximum absolute atomic E-state index is 12.1. The lowest BCUT2D eigenvalue weighted by atomic mass is 9.85. The topological polar surface area (TPSA) is 29.1 Å². The van der Waals surface area contributed by atoms with Gasteiger partial charge in [0, 0.05) is 16.4 Å². The molecule has 4 heteroatoms. The third kappa shape index (κ3) is 5.96.